The van der Waals surface area contributed by atoms with E-state index in [9.17, 15) is 5.11 Å². The Bertz CT molecular complexity index is 638. The number of rotatable bonds is 2. The molecule has 3 rings (SSSR count). The van der Waals surface area contributed by atoms with E-state index in [-0.39, 0.29) is 46.5 Å². The summed E-state index contributed by atoms with van der Waals surface area (Å²) in [6.45, 7) is 1.84. The topological polar surface area (TPSA) is 20.2 Å². The van der Waals surface area contributed by atoms with Gasteiger partial charge in [-0.05, 0) is 28.8 Å². The van der Waals surface area contributed by atoms with Gasteiger partial charge in [0.15, 0.2) is 0 Å². The van der Waals surface area contributed by atoms with Gasteiger partial charge in [-0.15, -0.1) is 0 Å². The van der Waals surface area contributed by atoms with Crippen molar-refractivity contribution < 1.29 is 51.6 Å². The molecular formula is C17H16Cl2OTi. The standard InChI is InChI=1S/C17H16O.2ClH.Ti/c1-12(18)17-15-9-5-4-8-14(15)10-11-16(17)13-6-2-3-7-13;;;/h2-13,18H,1H3;2*1H;/q;;;+2/p-2. The molecule has 0 aliphatic heterocycles. The van der Waals surface area contributed by atoms with Crippen LogP contribution in [-0.4, -0.2) is 5.11 Å². The Kier molecular flexibility index (Phi) is 8.54. The van der Waals surface area contributed by atoms with E-state index in [4.69, 9.17) is 0 Å². The van der Waals surface area contributed by atoms with E-state index in [1.54, 1.807) is 0 Å². The van der Waals surface area contributed by atoms with Crippen molar-refractivity contribution in [3.8, 4) is 0 Å². The average molecular weight is 355 g/mol. The van der Waals surface area contributed by atoms with Crippen molar-refractivity contribution in [2.45, 2.75) is 18.9 Å². The molecule has 0 saturated carbocycles. The summed E-state index contributed by atoms with van der Waals surface area (Å²) >= 11 is 0. The van der Waals surface area contributed by atoms with Crippen molar-refractivity contribution in [2.24, 2.45) is 0 Å². The van der Waals surface area contributed by atoms with Crippen LogP contribution in [0.3, 0.4) is 0 Å². The summed E-state index contributed by atoms with van der Waals surface area (Å²) in [5, 5.41) is 12.4. The Balaban J connectivity index is 0.00000133. The Hall–Kier alpha value is -0.566. The number of halogens is 2. The van der Waals surface area contributed by atoms with Gasteiger partial charge in [-0.3, -0.25) is 0 Å². The summed E-state index contributed by atoms with van der Waals surface area (Å²) < 4.78 is 0. The Morgan fingerprint density at radius 3 is 2.19 bits per heavy atom. The third-order valence-corrected chi connectivity index (χ3v) is 3.53. The molecule has 1 nitrogen and oxygen atoms in total. The van der Waals surface area contributed by atoms with Crippen LogP contribution < -0.4 is 24.8 Å². The molecule has 2 aromatic carbocycles. The van der Waals surface area contributed by atoms with Crippen molar-refractivity contribution in [3.05, 3.63) is 71.8 Å². The molecule has 0 heterocycles. The number of benzene rings is 2. The number of hydrogen-bond donors (Lipinski definition) is 1. The van der Waals surface area contributed by atoms with Gasteiger partial charge < -0.3 is 29.9 Å². The number of aliphatic hydroxyl groups is 1. The average Bonchev–Trinajstić information content (AvgIpc) is 2.90. The van der Waals surface area contributed by atoms with Gasteiger partial charge in [-0.1, -0.05) is 60.7 Å². The first-order valence-corrected chi connectivity index (χ1v) is 6.32. The molecule has 21 heavy (non-hydrogen) atoms. The number of aliphatic hydroxyl groups excluding tert-OH is 1. The third-order valence-electron chi connectivity index (χ3n) is 3.53. The van der Waals surface area contributed by atoms with Crippen molar-refractivity contribution >= 4 is 10.8 Å². The van der Waals surface area contributed by atoms with Crippen LogP contribution >= 0.6 is 0 Å². The van der Waals surface area contributed by atoms with Crippen molar-refractivity contribution in [1.82, 2.24) is 0 Å². The fourth-order valence-electron chi connectivity index (χ4n) is 2.71. The Morgan fingerprint density at radius 2 is 1.57 bits per heavy atom. The van der Waals surface area contributed by atoms with Crippen LogP contribution in [0, 0.1) is 0 Å². The predicted molar refractivity (Wildman–Crippen MR) is 75.6 cm³/mol. The zero-order valence-electron chi connectivity index (χ0n) is 11.6. The Labute approximate surface area is 152 Å². The number of allylic oxidation sites excluding steroid dienone is 4. The second kappa shape index (κ2) is 8.77. The first-order valence-electron chi connectivity index (χ1n) is 6.32. The van der Waals surface area contributed by atoms with Crippen LogP contribution in [0.4, 0.5) is 0 Å². The van der Waals surface area contributed by atoms with E-state index in [2.05, 4.69) is 48.6 Å². The van der Waals surface area contributed by atoms with Crippen LogP contribution in [0.15, 0.2) is 60.7 Å². The second-order valence-corrected chi connectivity index (χ2v) is 4.76. The zero-order valence-corrected chi connectivity index (χ0v) is 14.7. The molecule has 0 spiro atoms. The smallest absolute Gasteiger partial charge is 1.00 e. The molecule has 1 atom stereocenters. The minimum absolute atomic E-state index is 0. The van der Waals surface area contributed by atoms with Gasteiger partial charge in [0.2, 0.25) is 0 Å². The number of fused-ring (bicyclic) bond motifs is 1. The second-order valence-electron chi connectivity index (χ2n) is 4.76. The molecule has 0 saturated heterocycles. The molecular weight excluding hydrogens is 339 g/mol. The van der Waals surface area contributed by atoms with E-state index in [0.717, 1.165) is 10.9 Å². The molecule has 1 aliphatic carbocycles. The van der Waals surface area contributed by atoms with Crippen LogP contribution in [0.25, 0.3) is 10.8 Å². The monoisotopic (exact) mass is 354 g/mol. The molecule has 0 fully saturated rings. The van der Waals surface area contributed by atoms with Crippen LogP contribution in [0.5, 0.6) is 0 Å². The first kappa shape index (κ1) is 20.4. The molecule has 1 unspecified atom stereocenters. The minimum Gasteiger partial charge on any atom is -1.00 e. The predicted octanol–water partition coefficient (Wildman–Crippen LogP) is -1.89. The fourth-order valence-corrected chi connectivity index (χ4v) is 2.71. The summed E-state index contributed by atoms with van der Waals surface area (Å²) in [5.74, 6) is 0.291. The molecule has 1 aliphatic rings. The van der Waals surface area contributed by atoms with E-state index >= 15 is 0 Å². The van der Waals surface area contributed by atoms with Gasteiger partial charge in [0.25, 0.3) is 0 Å². The quantitative estimate of drug-likeness (QED) is 0.625. The summed E-state index contributed by atoms with van der Waals surface area (Å²) in [6, 6.07) is 12.5. The van der Waals surface area contributed by atoms with Gasteiger partial charge in [0.1, 0.15) is 0 Å². The SMILES string of the molecule is CC(O)c1c(C2C=CC=C2)ccc2ccccc12.[Cl-].[Cl-].[Ti+2]. The maximum absolute atomic E-state index is 10.1. The van der Waals surface area contributed by atoms with Crippen LogP contribution in [0.2, 0.25) is 0 Å². The molecule has 4 heteroatoms. The third kappa shape index (κ3) is 4.00. The zero-order chi connectivity index (χ0) is 12.5. The molecule has 1 N–H and O–H groups in total. The maximum atomic E-state index is 10.1. The first-order chi connectivity index (χ1) is 8.77. The van der Waals surface area contributed by atoms with Crippen molar-refractivity contribution in [1.29, 1.82) is 0 Å². The van der Waals surface area contributed by atoms with Crippen molar-refractivity contribution in [2.75, 3.05) is 0 Å². The van der Waals surface area contributed by atoms with Gasteiger partial charge in [-0.25, -0.2) is 0 Å². The van der Waals surface area contributed by atoms with Gasteiger partial charge in [0.05, 0.1) is 6.10 Å². The maximum Gasteiger partial charge on any atom is 2.00 e. The fraction of sp³-hybridized carbons (Fsp3) is 0.176. The summed E-state index contributed by atoms with van der Waals surface area (Å²) in [4.78, 5) is 0. The Morgan fingerprint density at radius 1 is 0.952 bits per heavy atom. The van der Waals surface area contributed by atoms with Gasteiger partial charge in [0, 0.05) is 5.92 Å². The summed E-state index contributed by atoms with van der Waals surface area (Å²) in [7, 11) is 0. The van der Waals surface area contributed by atoms with E-state index in [1.165, 1.54) is 10.9 Å². The largest absolute Gasteiger partial charge is 2.00 e. The van der Waals surface area contributed by atoms with E-state index in [0.29, 0.717) is 5.92 Å². The van der Waals surface area contributed by atoms with Crippen LogP contribution in [-0.2, 0) is 21.7 Å². The van der Waals surface area contributed by atoms with Crippen LogP contribution in [0.1, 0.15) is 30.1 Å². The van der Waals surface area contributed by atoms with E-state index in [1.807, 2.05) is 19.1 Å². The molecule has 0 bridgehead atoms. The minimum atomic E-state index is -0.450. The molecule has 0 radical (unpaired) electrons. The summed E-state index contributed by atoms with van der Waals surface area (Å²) in [6.07, 6.45) is 8.00. The summed E-state index contributed by atoms with van der Waals surface area (Å²) in [5.41, 5.74) is 2.25. The normalized spacial score (nSPS) is 14.2. The van der Waals surface area contributed by atoms with Gasteiger partial charge >= 0.3 is 21.7 Å². The molecule has 0 amide bonds. The molecule has 2 aromatic rings. The van der Waals surface area contributed by atoms with E-state index < -0.39 is 6.10 Å². The number of hydrogen-bond acceptors (Lipinski definition) is 1. The molecule has 108 valence electrons. The molecule has 0 aromatic heterocycles. The van der Waals surface area contributed by atoms with Gasteiger partial charge in [-0.2, -0.15) is 0 Å². The van der Waals surface area contributed by atoms with Crippen molar-refractivity contribution in [3.63, 3.8) is 0 Å².